The number of aryl methyl sites for hydroxylation is 1. The van der Waals surface area contributed by atoms with Gasteiger partial charge in [-0.15, -0.1) is 0 Å². The summed E-state index contributed by atoms with van der Waals surface area (Å²) in [7, 11) is 0. The van der Waals surface area contributed by atoms with Gasteiger partial charge >= 0.3 is 0 Å². The molecule has 1 fully saturated rings. The highest BCUT2D eigenvalue weighted by Crippen LogP contribution is 2.24. The van der Waals surface area contributed by atoms with E-state index in [4.69, 9.17) is 4.74 Å². The standard InChI is InChI=1S/C17H21N3O2/c1-14-11-17(20(18-14)16-9-3-2-4-10-16)22-13-19(12-21)15-7-5-6-8-15/h2-4,9-12,15H,5-8,13H2,1H3. The number of rotatable bonds is 6. The van der Waals surface area contributed by atoms with Crippen LogP contribution in [0.1, 0.15) is 31.4 Å². The monoisotopic (exact) mass is 299 g/mol. The molecule has 1 aromatic carbocycles. The van der Waals surface area contributed by atoms with E-state index in [0.29, 0.717) is 11.9 Å². The van der Waals surface area contributed by atoms with Crippen LogP contribution in [0, 0.1) is 6.92 Å². The van der Waals surface area contributed by atoms with E-state index < -0.39 is 0 Å². The average Bonchev–Trinajstić information content (AvgIpc) is 3.19. The highest BCUT2D eigenvalue weighted by atomic mass is 16.5. The fraction of sp³-hybridized carbons (Fsp3) is 0.412. The van der Waals surface area contributed by atoms with Crippen LogP contribution >= 0.6 is 0 Å². The molecule has 1 heterocycles. The molecule has 1 aliphatic rings. The summed E-state index contributed by atoms with van der Waals surface area (Å²) in [5, 5.41) is 4.47. The molecular formula is C17H21N3O2. The summed E-state index contributed by atoms with van der Waals surface area (Å²) < 4.78 is 7.64. The van der Waals surface area contributed by atoms with Crippen molar-refractivity contribution in [3.05, 3.63) is 42.1 Å². The Hall–Kier alpha value is -2.30. The van der Waals surface area contributed by atoms with Crippen LogP contribution < -0.4 is 4.74 Å². The molecule has 3 rings (SSSR count). The second-order valence-corrected chi connectivity index (χ2v) is 5.70. The highest BCUT2D eigenvalue weighted by Gasteiger charge is 2.22. The zero-order valence-corrected chi connectivity index (χ0v) is 12.8. The number of hydrogen-bond donors (Lipinski definition) is 0. The van der Waals surface area contributed by atoms with Gasteiger partial charge in [0.15, 0.2) is 6.73 Å². The number of carbonyl (C=O) groups excluding carboxylic acids is 1. The SMILES string of the molecule is Cc1cc(OCN(C=O)C2CCCC2)n(-c2ccccc2)n1. The third-order valence-electron chi connectivity index (χ3n) is 4.09. The molecule has 0 spiro atoms. The number of benzene rings is 1. The average molecular weight is 299 g/mol. The van der Waals surface area contributed by atoms with Gasteiger partial charge in [-0.3, -0.25) is 4.79 Å². The number of aromatic nitrogens is 2. The van der Waals surface area contributed by atoms with Crippen molar-refractivity contribution in [2.45, 2.75) is 38.6 Å². The molecule has 0 atom stereocenters. The van der Waals surface area contributed by atoms with Crippen molar-refractivity contribution in [2.24, 2.45) is 0 Å². The molecule has 0 saturated heterocycles. The van der Waals surface area contributed by atoms with Crippen molar-refractivity contribution in [3.63, 3.8) is 0 Å². The van der Waals surface area contributed by atoms with Crippen molar-refractivity contribution >= 4 is 6.41 Å². The summed E-state index contributed by atoms with van der Waals surface area (Å²) in [6.45, 7) is 2.20. The summed E-state index contributed by atoms with van der Waals surface area (Å²) in [6, 6.07) is 12.1. The van der Waals surface area contributed by atoms with Gasteiger partial charge in [0, 0.05) is 12.1 Å². The van der Waals surface area contributed by atoms with Gasteiger partial charge < -0.3 is 9.64 Å². The summed E-state index contributed by atoms with van der Waals surface area (Å²) in [4.78, 5) is 13.1. The van der Waals surface area contributed by atoms with Gasteiger partial charge in [0.05, 0.1) is 11.4 Å². The van der Waals surface area contributed by atoms with Crippen LogP contribution in [0.4, 0.5) is 0 Å². The normalized spacial score (nSPS) is 15.0. The highest BCUT2D eigenvalue weighted by molar-refractivity contribution is 5.47. The van der Waals surface area contributed by atoms with Crippen LogP contribution in [0.25, 0.3) is 5.69 Å². The largest absolute Gasteiger partial charge is 0.456 e. The van der Waals surface area contributed by atoms with Gasteiger partial charge in [0.1, 0.15) is 0 Å². The lowest BCUT2D eigenvalue weighted by Gasteiger charge is -2.24. The Bertz CT molecular complexity index is 618. The maximum absolute atomic E-state index is 11.3. The van der Waals surface area contributed by atoms with E-state index in [1.54, 1.807) is 9.58 Å². The molecule has 22 heavy (non-hydrogen) atoms. The first-order valence-corrected chi connectivity index (χ1v) is 7.74. The number of nitrogens with zero attached hydrogens (tertiary/aromatic N) is 3. The molecule has 1 aromatic heterocycles. The molecule has 116 valence electrons. The van der Waals surface area contributed by atoms with Crippen LogP contribution in [0.3, 0.4) is 0 Å². The van der Waals surface area contributed by atoms with Crippen molar-refractivity contribution in [2.75, 3.05) is 6.73 Å². The third kappa shape index (κ3) is 3.13. The predicted molar refractivity (Wildman–Crippen MR) is 84.0 cm³/mol. The van der Waals surface area contributed by atoms with E-state index in [0.717, 1.165) is 30.6 Å². The van der Waals surface area contributed by atoms with Crippen molar-refractivity contribution < 1.29 is 9.53 Å². The van der Waals surface area contributed by atoms with Crippen molar-refractivity contribution in [3.8, 4) is 11.6 Å². The van der Waals surface area contributed by atoms with Crippen molar-refractivity contribution in [1.29, 1.82) is 0 Å². The number of carbonyl (C=O) groups is 1. The summed E-state index contributed by atoms with van der Waals surface area (Å²) in [5.74, 6) is 0.661. The summed E-state index contributed by atoms with van der Waals surface area (Å²) in [6.07, 6.45) is 5.41. The molecule has 0 N–H and O–H groups in total. The first-order chi connectivity index (χ1) is 10.8. The van der Waals surface area contributed by atoms with Crippen LogP contribution in [0.2, 0.25) is 0 Å². The molecule has 2 aromatic rings. The molecule has 0 radical (unpaired) electrons. The minimum atomic E-state index is 0.270. The zero-order valence-electron chi connectivity index (χ0n) is 12.8. The molecule has 5 nitrogen and oxygen atoms in total. The quantitative estimate of drug-likeness (QED) is 0.608. The number of para-hydroxylation sites is 1. The lowest BCUT2D eigenvalue weighted by atomic mass is 10.2. The van der Waals surface area contributed by atoms with Gasteiger partial charge in [-0.05, 0) is 31.9 Å². The predicted octanol–water partition coefficient (Wildman–Crippen LogP) is 2.92. The summed E-state index contributed by atoms with van der Waals surface area (Å²) in [5.41, 5.74) is 1.83. The summed E-state index contributed by atoms with van der Waals surface area (Å²) >= 11 is 0. The maximum atomic E-state index is 11.3. The van der Waals surface area contributed by atoms with Crippen LogP contribution in [0.5, 0.6) is 5.88 Å². The van der Waals surface area contributed by atoms with Gasteiger partial charge in [-0.25, -0.2) is 4.68 Å². The number of amides is 1. The van der Waals surface area contributed by atoms with E-state index in [9.17, 15) is 4.79 Å². The molecule has 0 unspecified atom stereocenters. The molecule has 1 saturated carbocycles. The lowest BCUT2D eigenvalue weighted by molar-refractivity contribution is -0.123. The molecular weight excluding hydrogens is 278 g/mol. The van der Waals surface area contributed by atoms with Gasteiger partial charge in [0.2, 0.25) is 12.3 Å². The Morgan fingerprint density at radius 2 is 2.05 bits per heavy atom. The Morgan fingerprint density at radius 3 is 2.73 bits per heavy atom. The van der Waals surface area contributed by atoms with Gasteiger partial charge in [-0.1, -0.05) is 31.0 Å². The van der Waals surface area contributed by atoms with E-state index in [2.05, 4.69) is 5.10 Å². The fourth-order valence-corrected chi connectivity index (χ4v) is 2.93. The van der Waals surface area contributed by atoms with E-state index in [-0.39, 0.29) is 6.73 Å². The Morgan fingerprint density at radius 1 is 1.32 bits per heavy atom. The van der Waals surface area contributed by atoms with E-state index >= 15 is 0 Å². The first kappa shape index (κ1) is 14.6. The maximum Gasteiger partial charge on any atom is 0.218 e. The topological polar surface area (TPSA) is 47.4 Å². The van der Waals surface area contributed by atoms with E-state index in [1.165, 1.54) is 12.8 Å². The van der Waals surface area contributed by atoms with Crippen LogP contribution in [-0.4, -0.2) is 33.9 Å². The smallest absolute Gasteiger partial charge is 0.218 e. The zero-order chi connectivity index (χ0) is 15.4. The molecule has 1 amide bonds. The van der Waals surface area contributed by atoms with Crippen LogP contribution in [0.15, 0.2) is 36.4 Å². The first-order valence-electron chi connectivity index (χ1n) is 7.74. The molecule has 1 aliphatic carbocycles. The Balaban J connectivity index is 1.73. The van der Waals surface area contributed by atoms with Gasteiger partial charge in [-0.2, -0.15) is 5.10 Å². The lowest BCUT2D eigenvalue weighted by Crippen LogP contribution is -2.35. The minimum absolute atomic E-state index is 0.270. The Kier molecular flexibility index (Phi) is 4.42. The second kappa shape index (κ2) is 6.64. The third-order valence-corrected chi connectivity index (χ3v) is 4.09. The number of ether oxygens (including phenoxy) is 1. The molecule has 0 bridgehead atoms. The molecule has 5 heteroatoms. The van der Waals surface area contributed by atoms with Crippen LogP contribution in [-0.2, 0) is 4.79 Å². The second-order valence-electron chi connectivity index (χ2n) is 5.70. The fourth-order valence-electron chi connectivity index (χ4n) is 2.93. The number of hydrogen-bond acceptors (Lipinski definition) is 3. The van der Waals surface area contributed by atoms with E-state index in [1.807, 2.05) is 43.3 Å². The minimum Gasteiger partial charge on any atom is -0.456 e. The molecule has 0 aliphatic heterocycles. The van der Waals surface area contributed by atoms with Crippen molar-refractivity contribution in [1.82, 2.24) is 14.7 Å². The Labute approximate surface area is 130 Å². The van der Waals surface area contributed by atoms with Gasteiger partial charge in [0.25, 0.3) is 0 Å².